The van der Waals surface area contributed by atoms with Gasteiger partial charge in [-0.1, -0.05) is 6.07 Å². The van der Waals surface area contributed by atoms with E-state index in [1.807, 2.05) is 0 Å². The third-order valence-electron chi connectivity index (χ3n) is 4.84. The Balaban J connectivity index is 1.95. The van der Waals surface area contributed by atoms with Gasteiger partial charge in [0, 0.05) is 34.8 Å². The molecular weight excluding hydrogens is 458 g/mol. The van der Waals surface area contributed by atoms with Gasteiger partial charge in [0.2, 0.25) is 10.0 Å². The molecule has 0 bridgehead atoms. The summed E-state index contributed by atoms with van der Waals surface area (Å²) >= 11 is 1.32. The molecule has 0 spiro atoms. The number of thiophene rings is 1. The number of anilines is 1. The topological polar surface area (TPSA) is 77.4 Å². The molecule has 0 unspecified atom stereocenters. The van der Waals surface area contributed by atoms with Crippen molar-refractivity contribution >= 4 is 37.1 Å². The number of halogens is 2. The van der Waals surface area contributed by atoms with E-state index < -0.39 is 27.4 Å². The van der Waals surface area contributed by atoms with Crippen LogP contribution in [0.3, 0.4) is 0 Å². The Bertz CT molecular complexity index is 1470. The molecule has 0 fully saturated rings. The summed E-state index contributed by atoms with van der Waals surface area (Å²) in [5.74, 6) is -2.37. The molecule has 0 aliphatic heterocycles. The molecule has 2 aromatic heterocycles. The SMILES string of the molecule is CCS(=O)(=O)Nc1ccc(Oc2c(F)cccc2F)c(-c2cn(C)c(=O)c3ccsc23)c1. The highest BCUT2D eigenvalue weighted by Crippen LogP contribution is 2.40. The van der Waals surface area contributed by atoms with Gasteiger partial charge in [-0.15, -0.1) is 11.3 Å². The Kier molecular flexibility index (Phi) is 5.74. The molecular formula is C22H18F2N2O4S2. The van der Waals surface area contributed by atoms with Gasteiger partial charge in [0.25, 0.3) is 5.56 Å². The van der Waals surface area contributed by atoms with E-state index in [4.69, 9.17) is 4.74 Å². The zero-order valence-corrected chi connectivity index (χ0v) is 18.7. The molecule has 0 saturated carbocycles. The number of para-hydroxylation sites is 1. The largest absolute Gasteiger partial charge is 0.451 e. The van der Waals surface area contributed by atoms with Crippen molar-refractivity contribution in [2.45, 2.75) is 6.92 Å². The fourth-order valence-corrected chi connectivity index (χ4v) is 4.76. The summed E-state index contributed by atoms with van der Waals surface area (Å²) in [6.45, 7) is 1.50. The molecule has 0 radical (unpaired) electrons. The van der Waals surface area contributed by atoms with Crippen molar-refractivity contribution in [3.8, 4) is 22.6 Å². The van der Waals surface area contributed by atoms with E-state index >= 15 is 0 Å². The van der Waals surface area contributed by atoms with E-state index in [1.54, 1.807) is 24.7 Å². The summed E-state index contributed by atoms with van der Waals surface area (Å²) in [4.78, 5) is 12.5. The van der Waals surface area contributed by atoms with Gasteiger partial charge in [-0.2, -0.15) is 0 Å². The van der Waals surface area contributed by atoms with Crippen LogP contribution < -0.4 is 15.0 Å². The van der Waals surface area contributed by atoms with Crippen LogP contribution >= 0.6 is 11.3 Å². The van der Waals surface area contributed by atoms with Crippen molar-refractivity contribution in [2.75, 3.05) is 10.5 Å². The molecule has 2 aromatic carbocycles. The number of rotatable bonds is 6. The lowest BCUT2D eigenvalue weighted by molar-refractivity contribution is 0.408. The second-order valence-electron chi connectivity index (χ2n) is 6.99. The molecule has 10 heteroatoms. The Labute approximate surface area is 186 Å². The standard InChI is InChI=1S/C22H18F2N2O4S2/c1-3-32(28,29)25-13-7-8-19(30-20-17(23)5-4-6-18(20)24)15(11-13)16-12-26(2)22(27)14-9-10-31-21(14)16/h4-12,25H,3H2,1-2H3. The maximum absolute atomic E-state index is 14.2. The van der Waals surface area contributed by atoms with Crippen molar-refractivity contribution in [2.24, 2.45) is 7.05 Å². The number of benzene rings is 2. The van der Waals surface area contributed by atoms with Crippen LogP contribution in [0.1, 0.15) is 6.92 Å². The van der Waals surface area contributed by atoms with E-state index in [2.05, 4.69) is 4.72 Å². The predicted molar refractivity (Wildman–Crippen MR) is 122 cm³/mol. The molecule has 4 aromatic rings. The second kappa shape index (κ2) is 8.36. The van der Waals surface area contributed by atoms with Gasteiger partial charge in [-0.25, -0.2) is 17.2 Å². The zero-order chi connectivity index (χ0) is 23.0. The molecule has 0 aliphatic rings. The molecule has 6 nitrogen and oxygen atoms in total. The van der Waals surface area contributed by atoms with Crippen LogP contribution in [-0.4, -0.2) is 18.7 Å². The van der Waals surface area contributed by atoms with E-state index in [1.165, 1.54) is 47.1 Å². The Morgan fingerprint density at radius 2 is 1.81 bits per heavy atom. The second-order valence-corrected chi connectivity index (χ2v) is 9.92. The normalized spacial score (nSPS) is 11.6. The molecule has 2 heterocycles. The number of aromatic nitrogens is 1. The van der Waals surface area contributed by atoms with E-state index in [0.29, 0.717) is 21.2 Å². The minimum absolute atomic E-state index is 0.0989. The van der Waals surface area contributed by atoms with Crippen LogP contribution in [0.4, 0.5) is 14.5 Å². The molecule has 0 saturated heterocycles. The molecule has 1 N–H and O–H groups in total. The number of nitrogens with zero attached hydrogens (tertiary/aromatic N) is 1. The first-order chi connectivity index (χ1) is 15.2. The van der Waals surface area contributed by atoms with E-state index in [0.717, 1.165) is 12.1 Å². The summed E-state index contributed by atoms with van der Waals surface area (Å²) in [6.07, 6.45) is 1.58. The number of ether oxygens (including phenoxy) is 1. The highest BCUT2D eigenvalue weighted by molar-refractivity contribution is 7.92. The van der Waals surface area contributed by atoms with Crippen molar-refractivity contribution in [1.82, 2.24) is 4.57 Å². The third-order valence-corrected chi connectivity index (χ3v) is 7.09. The van der Waals surface area contributed by atoms with Gasteiger partial charge < -0.3 is 9.30 Å². The van der Waals surface area contributed by atoms with E-state index in [-0.39, 0.29) is 22.7 Å². The van der Waals surface area contributed by atoms with Crippen LogP contribution in [0.5, 0.6) is 11.5 Å². The summed E-state index contributed by atoms with van der Waals surface area (Å²) < 4.78 is 62.7. The Morgan fingerprint density at radius 1 is 1.09 bits per heavy atom. The number of nitrogens with one attached hydrogen (secondary N) is 1. The number of sulfonamides is 1. The molecule has 166 valence electrons. The maximum atomic E-state index is 14.2. The molecule has 0 aliphatic carbocycles. The van der Waals surface area contributed by atoms with Crippen molar-refractivity contribution in [3.63, 3.8) is 0 Å². The zero-order valence-electron chi connectivity index (χ0n) is 17.1. The molecule has 0 amide bonds. The smallest absolute Gasteiger partial charge is 0.259 e. The Hall–Kier alpha value is -3.24. The number of hydrogen-bond acceptors (Lipinski definition) is 5. The van der Waals surface area contributed by atoms with Crippen LogP contribution in [0.2, 0.25) is 0 Å². The van der Waals surface area contributed by atoms with Gasteiger partial charge in [-0.3, -0.25) is 9.52 Å². The fraction of sp³-hybridized carbons (Fsp3) is 0.136. The highest BCUT2D eigenvalue weighted by atomic mass is 32.2. The molecule has 4 rings (SSSR count). The lowest BCUT2D eigenvalue weighted by Crippen LogP contribution is -2.16. The first kappa shape index (κ1) is 22.0. The lowest BCUT2D eigenvalue weighted by Gasteiger charge is -2.16. The summed E-state index contributed by atoms with van der Waals surface area (Å²) in [5.41, 5.74) is 0.977. The first-order valence-corrected chi connectivity index (χ1v) is 12.1. The van der Waals surface area contributed by atoms with Crippen molar-refractivity contribution < 1.29 is 21.9 Å². The molecule has 32 heavy (non-hydrogen) atoms. The first-order valence-electron chi connectivity index (χ1n) is 9.54. The highest BCUT2D eigenvalue weighted by Gasteiger charge is 2.19. The van der Waals surface area contributed by atoms with Gasteiger partial charge in [0.05, 0.1) is 11.1 Å². The number of hydrogen-bond donors (Lipinski definition) is 1. The van der Waals surface area contributed by atoms with Crippen molar-refractivity contribution in [3.05, 3.63) is 76.0 Å². The summed E-state index contributed by atoms with van der Waals surface area (Å²) in [7, 11) is -1.98. The lowest BCUT2D eigenvalue weighted by atomic mass is 10.0. The maximum Gasteiger partial charge on any atom is 0.259 e. The van der Waals surface area contributed by atoms with Crippen LogP contribution in [0.25, 0.3) is 21.2 Å². The average molecular weight is 477 g/mol. The summed E-state index contributed by atoms with van der Waals surface area (Å²) in [5, 5.41) is 2.23. The minimum atomic E-state index is -3.57. The van der Waals surface area contributed by atoms with Gasteiger partial charge >= 0.3 is 0 Å². The van der Waals surface area contributed by atoms with Crippen LogP contribution in [0.15, 0.2) is 58.8 Å². The van der Waals surface area contributed by atoms with Crippen LogP contribution in [-0.2, 0) is 17.1 Å². The molecule has 0 atom stereocenters. The fourth-order valence-electron chi connectivity index (χ4n) is 3.21. The quantitative estimate of drug-likeness (QED) is 0.420. The van der Waals surface area contributed by atoms with Gasteiger partial charge in [0.1, 0.15) is 5.75 Å². The number of fused-ring (bicyclic) bond motifs is 1. The van der Waals surface area contributed by atoms with Crippen molar-refractivity contribution in [1.29, 1.82) is 0 Å². The van der Waals surface area contributed by atoms with E-state index in [9.17, 15) is 22.0 Å². The number of pyridine rings is 1. The summed E-state index contributed by atoms with van der Waals surface area (Å²) in [6, 6.07) is 9.45. The monoisotopic (exact) mass is 476 g/mol. The number of aryl methyl sites for hydroxylation is 1. The third kappa shape index (κ3) is 4.11. The van der Waals surface area contributed by atoms with Crippen LogP contribution in [0, 0.1) is 11.6 Å². The predicted octanol–water partition coefficient (Wildman–Crippen LogP) is 5.10. The van der Waals surface area contributed by atoms with Gasteiger partial charge in [0.15, 0.2) is 17.4 Å². The van der Waals surface area contributed by atoms with Gasteiger partial charge in [-0.05, 0) is 48.7 Å². The Morgan fingerprint density at radius 3 is 2.50 bits per heavy atom. The minimum Gasteiger partial charge on any atom is -0.451 e. The average Bonchev–Trinajstić information content (AvgIpc) is 3.24.